The minimum atomic E-state index is 0.707. The summed E-state index contributed by atoms with van der Waals surface area (Å²) in [7, 11) is 0. The first-order valence-corrected chi connectivity index (χ1v) is 6.65. The fourth-order valence-corrected chi connectivity index (χ4v) is 1.76. The van der Waals surface area contributed by atoms with Gasteiger partial charge in [-0.1, -0.05) is 38.7 Å². The Bertz CT molecular complexity index is 131. The summed E-state index contributed by atoms with van der Waals surface area (Å²) in [6.07, 6.45) is 12.7. The van der Waals surface area contributed by atoms with Crippen LogP contribution in [0.3, 0.4) is 0 Å². The Morgan fingerprint density at radius 2 is 1.80 bits per heavy atom. The largest absolute Gasteiger partial charge is 0.314 e. The summed E-state index contributed by atoms with van der Waals surface area (Å²) in [6, 6.07) is 0.707. The quantitative estimate of drug-likeness (QED) is 0.397. The van der Waals surface area contributed by atoms with Crippen LogP contribution in [-0.2, 0) is 0 Å². The molecule has 15 heavy (non-hydrogen) atoms. The lowest BCUT2D eigenvalue weighted by molar-refractivity contribution is 0.479. The van der Waals surface area contributed by atoms with Crippen LogP contribution in [-0.4, -0.2) is 12.6 Å². The summed E-state index contributed by atoms with van der Waals surface area (Å²) >= 11 is 0. The average molecular weight is 211 g/mol. The van der Waals surface area contributed by atoms with Crippen molar-refractivity contribution in [2.24, 2.45) is 0 Å². The van der Waals surface area contributed by atoms with Gasteiger partial charge in [-0.25, -0.2) is 0 Å². The molecule has 1 heteroatoms. The molecule has 0 bridgehead atoms. The highest BCUT2D eigenvalue weighted by molar-refractivity contribution is 4.65. The van der Waals surface area contributed by atoms with Gasteiger partial charge in [-0.15, -0.1) is 6.58 Å². The smallest absolute Gasteiger partial charge is 0.00387 e. The van der Waals surface area contributed by atoms with Crippen molar-refractivity contribution < 1.29 is 0 Å². The number of hydrogen-bond acceptors (Lipinski definition) is 1. The Kier molecular flexibility index (Phi) is 11.5. The van der Waals surface area contributed by atoms with Gasteiger partial charge in [0.05, 0.1) is 0 Å². The lowest BCUT2D eigenvalue weighted by Gasteiger charge is -2.12. The molecule has 0 aromatic heterocycles. The van der Waals surface area contributed by atoms with Crippen LogP contribution in [0.25, 0.3) is 0 Å². The second-order valence-electron chi connectivity index (χ2n) is 4.49. The molecule has 0 aliphatic rings. The number of unbranched alkanes of at least 4 members (excludes halogenated alkanes) is 5. The fourth-order valence-electron chi connectivity index (χ4n) is 1.76. The number of allylic oxidation sites excluding steroid dienone is 1. The summed E-state index contributed by atoms with van der Waals surface area (Å²) in [5.41, 5.74) is 0. The summed E-state index contributed by atoms with van der Waals surface area (Å²) < 4.78 is 0. The van der Waals surface area contributed by atoms with Crippen LogP contribution in [0, 0.1) is 0 Å². The maximum atomic E-state index is 3.74. The number of nitrogens with one attached hydrogen (secondary N) is 1. The minimum Gasteiger partial charge on any atom is -0.314 e. The molecule has 0 spiro atoms. The van der Waals surface area contributed by atoms with Gasteiger partial charge in [0.15, 0.2) is 0 Å². The zero-order chi connectivity index (χ0) is 11.4. The molecule has 0 amide bonds. The van der Waals surface area contributed by atoms with E-state index in [-0.39, 0.29) is 0 Å². The molecule has 0 saturated heterocycles. The van der Waals surface area contributed by atoms with Crippen molar-refractivity contribution >= 4 is 0 Å². The maximum absolute atomic E-state index is 3.74. The third-order valence-electron chi connectivity index (χ3n) is 2.79. The van der Waals surface area contributed by atoms with E-state index in [0.29, 0.717) is 6.04 Å². The molecule has 0 rings (SSSR count). The van der Waals surface area contributed by atoms with Gasteiger partial charge in [0.1, 0.15) is 0 Å². The lowest BCUT2D eigenvalue weighted by atomic mass is 10.1. The Hall–Kier alpha value is -0.300. The molecule has 0 aromatic carbocycles. The molecule has 0 radical (unpaired) electrons. The van der Waals surface area contributed by atoms with Crippen molar-refractivity contribution in [3.8, 4) is 0 Å². The zero-order valence-electron chi connectivity index (χ0n) is 10.7. The predicted molar refractivity (Wildman–Crippen MR) is 70.3 cm³/mol. The molecule has 1 N–H and O–H groups in total. The Balaban J connectivity index is 3.05. The molecule has 0 aromatic rings. The van der Waals surface area contributed by atoms with Gasteiger partial charge in [0, 0.05) is 6.04 Å². The van der Waals surface area contributed by atoms with E-state index in [2.05, 4.69) is 25.7 Å². The third kappa shape index (κ3) is 11.6. The first-order chi connectivity index (χ1) is 7.31. The zero-order valence-corrected chi connectivity index (χ0v) is 10.7. The summed E-state index contributed by atoms with van der Waals surface area (Å²) in [6.45, 7) is 9.43. The highest BCUT2D eigenvalue weighted by atomic mass is 14.9. The molecule has 0 aliphatic heterocycles. The van der Waals surface area contributed by atoms with Gasteiger partial charge in [-0.2, -0.15) is 0 Å². The average Bonchev–Trinajstić information content (AvgIpc) is 2.25. The maximum Gasteiger partial charge on any atom is 0.00387 e. The molecular weight excluding hydrogens is 182 g/mol. The third-order valence-corrected chi connectivity index (χ3v) is 2.79. The van der Waals surface area contributed by atoms with Gasteiger partial charge < -0.3 is 5.32 Å². The van der Waals surface area contributed by atoms with Crippen LogP contribution >= 0.6 is 0 Å². The highest BCUT2D eigenvalue weighted by Crippen LogP contribution is 2.08. The minimum absolute atomic E-state index is 0.707. The number of hydrogen-bond donors (Lipinski definition) is 1. The molecule has 0 saturated carbocycles. The van der Waals surface area contributed by atoms with Gasteiger partial charge in [-0.05, 0) is 39.2 Å². The van der Waals surface area contributed by atoms with Crippen LogP contribution in [0.1, 0.15) is 65.2 Å². The Morgan fingerprint density at radius 1 is 1.13 bits per heavy atom. The Labute approximate surface area is 96.3 Å². The fraction of sp³-hybridized carbons (Fsp3) is 0.857. The molecule has 0 fully saturated rings. The van der Waals surface area contributed by atoms with E-state index >= 15 is 0 Å². The van der Waals surface area contributed by atoms with E-state index in [1.807, 2.05) is 6.08 Å². The first-order valence-electron chi connectivity index (χ1n) is 6.65. The van der Waals surface area contributed by atoms with E-state index in [1.165, 1.54) is 57.9 Å². The first kappa shape index (κ1) is 14.7. The molecule has 1 unspecified atom stereocenters. The molecule has 0 aliphatic carbocycles. The van der Waals surface area contributed by atoms with Gasteiger partial charge >= 0.3 is 0 Å². The topological polar surface area (TPSA) is 12.0 Å². The molecular formula is C14H29N. The van der Waals surface area contributed by atoms with Crippen LogP contribution in [0.5, 0.6) is 0 Å². The Morgan fingerprint density at radius 3 is 2.47 bits per heavy atom. The van der Waals surface area contributed by atoms with Crippen molar-refractivity contribution in [1.82, 2.24) is 5.32 Å². The lowest BCUT2D eigenvalue weighted by Crippen LogP contribution is -2.26. The second-order valence-corrected chi connectivity index (χ2v) is 4.49. The van der Waals surface area contributed by atoms with Crippen LogP contribution < -0.4 is 5.32 Å². The van der Waals surface area contributed by atoms with Crippen molar-refractivity contribution in [2.45, 2.75) is 71.3 Å². The van der Waals surface area contributed by atoms with E-state index in [0.717, 1.165) is 0 Å². The highest BCUT2D eigenvalue weighted by Gasteiger charge is 1.99. The van der Waals surface area contributed by atoms with E-state index < -0.39 is 0 Å². The van der Waals surface area contributed by atoms with Crippen LogP contribution in [0.15, 0.2) is 12.7 Å². The summed E-state index contributed by atoms with van der Waals surface area (Å²) in [5.74, 6) is 0. The van der Waals surface area contributed by atoms with Crippen molar-refractivity contribution in [3.05, 3.63) is 12.7 Å². The second kappa shape index (κ2) is 11.8. The molecule has 1 nitrogen and oxygen atoms in total. The van der Waals surface area contributed by atoms with Gasteiger partial charge in [0.2, 0.25) is 0 Å². The van der Waals surface area contributed by atoms with Crippen molar-refractivity contribution in [3.63, 3.8) is 0 Å². The van der Waals surface area contributed by atoms with E-state index in [1.54, 1.807) is 0 Å². The predicted octanol–water partition coefficient (Wildman–Crippen LogP) is 4.29. The van der Waals surface area contributed by atoms with Gasteiger partial charge in [0.25, 0.3) is 0 Å². The normalized spacial score (nSPS) is 12.7. The van der Waals surface area contributed by atoms with Crippen LogP contribution in [0.4, 0.5) is 0 Å². The van der Waals surface area contributed by atoms with Gasteiger partial charge in [-0.3, -0.25) is 0 Å². The molecule has 1 atom stereocenters. The van der Waals surface area contributed by atoms with E-state index in [9.17, 15) is 0 Å². The monoisotopic (exact) mass is 211 g/mol. The molecule has 90 valence electrons. The summed E-state index contributed by atoms with van der Waals surface area (Å²) in [5, 5.41) is 3.53. The summed E-state index contributed by atoms with van der Waals surface area (Å²) in [4.78, 5) is 0. The van der Waals surface area contributed by atoms with Crippen molar-refractivity contribution in [2.75, 3.05) is 6.54 Å². The van der Waals surface area contributed by atoms with Crippen LogP contribution in [0.2, 0.25) is 0 Å². The molecule has 0 heterocycles. The SMILES string of the molecule is C=CCCCCCCCC(C)NCCC. The van der Waals surface area contributed by atoms with Crippen molar-refractivity contribution in [1.29, 1.82) is 0 Å². The number of rotatable bonds is 11. The standard InChI is InChI=1S/C14H29N/c1-4-6-7-8-9-10-11-12-14(3)15-13-5-2/h4,14-15H,1,5-13H2,2-3H3. The van der Waals surface area contributed by atoms with E-state index in [4.69, 9.17) is 0 Å².